The first-order valence-electron chi connectivity index (χ1n) is 3.46. The van der Waals surface area contributed by atoms with E-state index in [2.05, 4.69) is 4.98 Å². The quantitative estimate of drug-likeness (QED) is 0.811. The molecule has 0 aromatic carbocycles. The fraction of sp³-hybridized carbons (Fsp3) is 0.286. The molecule has 0 fully saturated rings. The van der Waals surface area contributed by atoms with Crippen molar-refractivity contribution in [3.63, 3.8) is 0 Å². The number of halogens is 3. The lowest BCUT2D eigenvalue weighted by molar-refractivity contribution is 0.150. The van der Waals surface area contributed by atoms with Crippen molar-refractivity contribution in [2.45, 2.75) is 13.0 Å². The Morgan fingerprint density at radius 2 is 2.23 bits per heavy atom. The van der Waals surface area contributed by atoms with Gasteiger partial charge in [-0.1, -0.05) is 0 Å². The van der Waals surface area contributed by atoms with E-state index in [9.17, 15) is 13.6 Å². The molecule has 13 heavy (non-hydrogen) atoms. The zero-order chi connectivity index (χ0) is 10.0. The van der Waals surface area contributed by atoms with Crippen LogP contribution in [-0.2, 0) is 6.54 Å². The Morgan fingerprint density at radius 1 is 1.62 bits per heavy atom. The van der Waals surface area contributed by atoms with E-state index in [-0.39, 0.29) is 12.1 Å². The molecule has 1 aromatic rings. The van der Waals surface area contributed by atoms with Gasteiger partial charge in [-0.25, -0.2) is 8.78 Å². The van der Waals surface area contributed by atoms with Gasteiger partial charge in [0, 0.05) is 27.4 Å². The number of aromatic amines is 1. The standard InChI is InChI=1S/C7H7F2IN2O/c8-7(9)3-1-5(13)12-4(2-11)6(3)10/h1,7H,2,11H2,(H,12,13). The summed E-state index contributed by atoms with van der Waals surface area (Å²) in [6.07, 6.45) is -2.64. The van der Waals surface area contributed by atoms with Crippen LogP contribution in [0, 0.1) is 3.57 Å². The molecule has 0 atom stereocenters. The third-order valence-corrected chi connectivity index (χ3v) is 2.79. The van der Waals surface area contributed by atoms with Gasteiger partial charge in [0.15, 0.2) is 0 Å². The summed E-state index contributed by atoms with van der Waals surface area (Å²) in [6.45, 7) is 0.0497. The highest BCUT2D eigenvalue weighted by molar-refractivity contribution is 14.1. The van der Waals surface area contributed by atoms with E-state index in [1.165, 1.54) is 0 Å². The second kappa shape index (κ2) is 4.14. The Labute approximate surface area is 86.5 Å². The Morgan fingerprint density at radius 3 is 2.69 bits per heavy atom. The molecule has 0 saturated heterocycles. The van der Waals surface area contributed by atoms with Gasteiger partial charge in [0.2, 0.25) is 5.56 Å². The second-order valence-corrected chi connectivity index (χ2v) is 3.47. The van der Waals surface area contributed by atoms with Crippen LogP contribution in [0.1, 0.15) is 17.7 Å². The van der Waals surface area contributed by atoms with Crippen molar-refractivity contribution < 1.29 is 8.78 Å². The molecule has 0 radical (unpaired) electrons. The summed E-state index contributed by atoms with van der Waals surface area (Å²) in [4.78, 5) is 13.3. The van der Waals surface area contributed by atoms with Crippen molar-refractivity contribution in [1.82, 2.24) is 4.98 Å². The number of rotatable bonds is 2. The Bertz CT molecular complexity index is 364. The number of hydrogen-bond donors (Lipinski definition) is 2. The highest BCUT2D eigenvalue weighted by Crippen LogP contribution is 2.24. The van der Waals surface area contributed by atoms with Gasteiger partial charge in [-0.05, 0) is 22.6 Å². The first kappa shape index (κ1) is 10.6. The molecule has 6 heteroatoms. The van der Waals surface area contributed by atoms with Gasteiger partial charge in [-0.15, -0.1) is 0 Å². The Kier molecular flexibility index (Phi) is 3.37. The molecule has 0 aliphatic heterocycles. The highest BCUT2D eigenvalue weighted by Gasteiger charge is 2.15. The Hall–Kier alpha value is -0.500. The molecular weight excluding hydrogens is 293 g/mol. The van der Waals surface area contributed by atoms with Crippen LogP contribution in [0.15, 0.2) is 10.9 Å². The molecule has 0 amide bonds. The number of nitrogens with one attached hydrogen (secondary N) is 1. The topological polar surface area (TPSA) is 58.9 Å². The van der Waals surface area contributed by atoms with E-state index in [0.29, 0.717) is 9.26 Å². The molecule has 72 valence electrons. The fourth-order valence-electron chi connectivity index (χ4n) is 0.918. The zero-order valence-corrected chi connectivity index (χ0v) is 8.64. The molecule has 1 aromatic heterocycles. The van der Waals surface area contributed by atoms with E-state index >= 15 is 0 Å². The van der Waals surface area contributed by atoms with Gasteiger partial charge in [-0.2, -0.15) is 0 Å². The lowest BCUT2D eigenvalue weighted by atomic mass is 10.2. The van der Waals surface area contributed by atoms with Crippen molar-refractivity contribution >= 4 is 22.6 Å². The lowest BCUT2D eigenvalue weighted by Gasteiger charge is -2.06. The molecular formula is C7H7F2IN2O. The van der Waals surface area contributed by atoms with Gasteiger partial charge in [0.05, 0.1) is 0 Å². The maximum atomic E-state index is 12.3. The van der Waals surface area contributed by atoms with E-state index in [0.717, 1.165) is 6.07 Å². The maximum Gasteiger partial charge on any atom is 0.265 e. The van der Waals surface area contributed by atoms with Crippen LogP contribution in [0.5, 0.6) is 0 Å². The highest BCUT2D eigenvalue weighted by atomic mass is 127. The van der Waals surface area contributed by atoms with Crippen LogP contribution in [-0.4, -0.2) is 4.98 Å². The van der Waals surface area contributed by atoms with Gasteiger partial charge in [-0.3, -0.25) is 4.79 Å². The smallest absolute Gasteiger partial charge is 0.265 e. The first-order chi connectivity index (χ1) is 6.06. The molecule has 3 nitrogen and oxygen atoms in total. The van der Waals surface area contributed by atoms with Gasteiger partial charge < -0.3 is 10.7 Å². The summed E-state index contributed by atoms with van der Waals surface area (Å²) in [5, 5.41) is 0. The van der Waals surface area contributed by atoms with Crippen molar-refractivity contribution in [2.24, 2.45) is 5.73 Å². The molecule has 0 spiro atoms. The SMILES string of the molecule is NCc1[nH]c(=O)cc(C(F)F)c1I. The lowest BCUT2D eigenvalue weighted by Crippen LogP contribution is -2.15. The maximum absolute atomic E-state index is 12.3. The number of aromatic nitrogens is 1. The Balaban J connectivity index is 3.36. The van der Waals surface area contributed by atoms with Crippen LogP contribution < -0.4 is 11.3 Å². The van der Waals surface area contributed by atoms with Crippen LogP contribution in [0.4, 0.5) is 8.78 Å². The van der Waals surface area contributed by atoms with Crippen LogP contribution in [0.3, 0.4) is 0 Å². The molecule has 3 N–H and O–H groups in total. The minimum atomic E-state index is -2.64. The zero-order valence-electron chi connectivity index (χ0n) is 6.48. The summed E-state index contributed by atoms with van der Waals surface area (Å²) >= 11 is 1.74. The molecule has 0 aliphatic carbocycles. The number of hydrogen-bond acceptors (Lipinski definition) is 2. The monoisotopic (exact) mass is 300 g/mol. The van der Waals surface area contributed by atoms with Crippen molar-refractivity contribution in [2.75, 3.05) is 0 Å². The third-order valence-electron chi connectivity index (χ3n) is 1.52. The van der Waals surface area contributed by atoms with Crippen LogP contribution in [0.2, 0.25) is 0 Å². The van der Waals surface area contributed by atoms with Gasteiger partial charge in [0.1, 0.15) is 0 Å². The summed E-state index contributed by atoms with van der Waals surface area (Å²) in [5.41, 5.74) is 4.81. The van der Waals surface area contributed by atoms with Crippen molar-refractivity contribution in [3.05, 3.63) is 31.2 Å². The number of alkyl halides is 2. The van der Waals surface area contributed by atoms with E-state index in [4.69, 9.17) is 5.73 Å². The summed E-state index contributed by atoms with van der Waals surface area (Å²) in [6, 6.07) is 0.894. The molecule has 1 rings (SSSR count). The van der Waals surface area contributed by atoms with E-state index < -0.39 is 12.0 Å². The molecule has 0 aliphatic rings. The average molecular weight is 300 g/mol. The van der Waals surface area contributed by atoms with Crippen LogP contribution in [0.25, 0.3) is 0 Å². The average Bonchev–Trinajstić information content (AvgIpc) is 2.08. The number of nitrogens with two attached hydrogens (primary N) is 1. The van der Waals surface area contributed by atoms with Gasteiger partial charge >= 0.3 is 0 Å². The van der Waals surface area contributed by atoms with Crippen molar-refractivity contribution in [1.29, 1.82) is 0 Å². The minimum absolute atomic E-state index is 0.0497. The van der Waals surface area contributed by atoms with Gasteiger partial charge in [0.25, 0.3) is 6.43 Å². The third kappa shape index (κ3) is 2.25. The largest absolute Gasteiger partial charge is 0.325 e. The van der Waals surface area contributed by atoms with E-state index in [1.807, 2.05) is 0 Å². The van der Waals surface area contributed by atoms with Crippen LogP contribution >= 0.6 is 22.6 Å². The number of H-pyrrole nitrogens is 1. The second-order valence-electron chi connectivity index (χ2n) is 2.39. The first-order valence-corrected chi connectivity index (χ1v) is 4.54. The predicted octanol–water partition coefficient (Wildman–Crippen LogP) is 1.38. The number of pyridine rings is 1. The molecule has 0 saturated carbocycles. The summed E-state index contributed by atoms with van der Waals surface area (Å²) < 4.78 is 25.0. The predicted molar refractivity (Wildman–Crippen MR) is 52.6 cm³/mol. The normalized spacial score (nSPS) is 10.8. The summed E-state index contributed by atoms with van der Waals surface area (Å²) in [7, 11) is 0. The fourth-order valence-corrected chi connectivity index (χ4v) is 1.66. The van der Waals surface area contributed by atoms with Crippen molar-refractivity contribution in [3.8, 4) is 0 Å². The minimum Gasteiger partial charge on any atom is -0.325 e. The molecule has 0 bridgehead atoms. The summed E-state index contributed by atoms with van der Waals surface area (Å²) in [5.74, 6) is 0. The molecule has 1 heterocycles. The molecule has 0 unspecified atom stereocenters. The van der Waals surface area contributed by atoms with E-state index in [1.54, 1.807) is 22.6 Å².